The first-order valence-electron chi connectivity index (χ1n) is 9.78. The lowest BCUT2D eigenvalue weighted by Crippen LogP contribution is -2.48. The number of anilines is 1. The first-order chi connectivity index (χ1) is 13.6. The number of nitrogens with one attached hydrogen (secondary N) is 1. The summed E-state index contributed by atoms with van der Waals surface area (Å²) < 4.78 is 1.26. The summed E-state index contributed by atoms with van der Waals surface area (Å²) in [6.45, 7) is 9.64. The molecule has 0 aliphatic carbocycles. The predicted molar refractivity (Wildman–Crippen MR) is 117 cm³/mol. The molecular formula is C22H26N4OS. The minimum absolute atomic E-state index is 0.00322. The summed E-state index contributed by atoms with van der Waals surface area (Å²) in [6, 6.07) is 14.1. The average molecular weight is 395 g/mol. The van der Waals surface area contributed by atoms with E-state index in [0.717, 1.165) is 54.5 Å². The van der Waals surface area contributed by atoms with Gasteiger partial charge in [0.25, 0.3) is 5.91 Å². The van der Waals surface area contributed by atoms with E-state index < -0.39 is 0 Å². The molecule has 1 N–H and O–H groups in total. The number of hydrogen-bond acceptors (Lipinski definition) is 5. The number of carbonyl (C=O) groups excluding carboxylic acids is 1. The van der Waals surface area contributed by atoms with Gasteiger partial charge in [0.05, 0.1) is 10.2 Å². The van der Waals surface area contributed by atoms with Crippen LogP contribution in [0.1, 0.15) is 21.5 Å². The van der Waals surface area contributed by atoms with Crippen molar-refractivity contribution in [3.8, 4) is 0 Å². The first-order valence-corrected chi connectivity index (χ1v) is 10.6. The topological polar surface area (TPSA) is 48.5 Å². The second-order valence-corrected chi connectivity index (χ2v) is 8.38. The number of aryl methyl sites for hydroxylation is 2. The van der Waals surface area contributed by atoms with Crippen molar-refractivity contribution in [3.05, 3.63) is 59.2 Å². The minimum atomic E-state index is 0.00322. The average Bonchev–Trinajstić information content (AvgIpc) is 3.15. The van der Waals surface area contributed by atoms with Crippen molar-refractivity contribution in [2.45, 2.75) is 13.8 Å². The van der Waals surface area contributed by atoms with E-state index in [0.29, 0.717) is 6.54 Å². The van der Waals surface area contributed by atoms with Gasteiger partial charge >= 0.3 is 0 Å². The van der Waals surface area contributed by atoms with Crippen LogP contribution in [0.15, 0.2) is 42.5 Å². The van der Waals surface area contributed by atoms with E-state index in [-0.39, 0.29) is 5.91 Å². The lowest BCUT2D eigenvalue weighted by molar-refractivity contribution is 0.0948. The van der Waals surface area contributed by atoms with Gasteiger partial charge in [0.2, 0.25) is 0 Å². The molecule has 2 heterocycles. The molecule has 1 saturated heterocycles. The fraction of sp³-hybridized carbons (Fsp3) is 0.364. The van der Waals surface area contributed by atoms with Gasteiger partial charge in [-0.25, -0.2) is 4.98 Å². The summed E-state index contributed by atoms with van der Waals surface area (Å²) in [5.74, 6) is 0.00322. The Labute approximate surface area is 170 Å². The van der Waals surface area contributed by atoms with Crippen LogP contribution >= 0.6 is 11.3 Å². The van der Waals surface area contributed by atoms with Crippen LogP contribution in [0.3, 0.4) is 0 Å². The highest BCUT2D eigenvalue weighted by Crippen LogP contribution is 2.30. The number of thiazole rings is 1. The van der Waals surface area contributed by atoms with Crippen molar-refractivity contribution in [3.63, 3.8) is 0 Å². The Hall–Kier alpha value is -2.44. The molecule has 146 valence electrons. The molecule has 0 saturated carbocycles. The second kappa shape index (κ2) is 8.29. The number of nitrogens with zero attached hydrogens (tertiary/aromatic N) is 3. The third-order valence-electron chi connectivity index (χ3n) is 5.28. The van der Waals surface area contributed by atoms with E-state index in [2.05, 4.69) is 40.2 Å². The molecule has 0 spiro atoms. The van der Waals surface area contributed by atoms with Crippen molar-refractivity contribution in [2.24, 2.45) is 0 Å². The van der Waals surface area contributed by atoms with Crippen LogP contribution in [-0.2, 0) is 0 Å². The molecule has 1 aliphatic heterocycles. The van der Waals surface area contributed by atoms with Crippen LogP contribution in [0, 0.1) is 13.8 Å². The van der Waals surface area contributed by atoms with E-state index in [1.54, 1.807) is 11.3 Å². The lowest BCUT2D eigenvalue weighted by atomic mass is 10.1. The van der Waals surface area contributed by atoms with Crippen molar-refractivity contribution in [1.29, 1.82) is 0 Å². The van der Waals surface area contributed by atoms with Crippen LogP contribution in [0.25, 0.3) is 10.2 Å². The summed E-state index contributed by atoms with van der Waals surface area (Å²) >= 11 is 1.78. The zero-order valence-electron chi connectivity index (χ0n) is 16.4. The Morgan fingerprint density at radius 1 is 1.07 bits per heavy atom. The smallest absolute Gasteiger partial charge is 0.251 e. The summed E-state index contributed by atoms with van der Waals surface area (Å²) in [5, 5.41) is 4.15. The van der Waals surface area contributed by atoms with Gasteiger partial charge in [-0.2, -0.15) is 0 Å². The molecule has 2 aromatic carbocycles. The summed E-state index contributed by atoms with van der Waals surface area (Å²) in [5.41, 5.74) is 4.26. The molecular weight excluding hydrogens is 368 g/mol. The summed E-state index contributed by atoms with van der Waals surface area (Å²) in [7, 11) is 0. The molecule has 6 heteroatoms. The number of piperazine rings is 1. The normalized spacial score (nSPS) is 15.1. The number of carbonyl (C=O) groups is 1. The fourth-order valence-corrected chi connectivity index (χ4v) is 4.60. The number of fused-ring (bicyclic) bond motifs is 1. The zero-order valence-corrected chi connectivity index (χ0v) is 17.3. The second-order valence-electron chi connectivity index (χ2n) is 7.37. The van der Waals surface area contributed by atoms with Gasteiger partial charge in [0.1, 0.15) is 0 Å². The number of benzene rings is 2. The van der Waals surface area contributed by atoms with Gasteiger partial charge in [-0.05, 0) is 37.6 Å². The number of aromatic nitrogens is 1. The van der Waals surface area contributed by atoms with Crippen molar-refractivity contribution in [2.75, 3.05) is 44.2 Å². The zero-order chi connectivity index (χ0) is 19.5. The van der Waals surface area contributed by atoms with E-state index in [1.165, 1.54) is 10.3 Å². The Morgan fingerprint density at radius 3 is 2.54 bits per heavy atom. The maximum absolute atomic E-state index is 12.2. The molecule has 3 aromatic rings. The van der Waals surface area contributed by atoms with Gasteiger partial charge in [-0.3, -0.25) is 9.69 Å². The molecule has 5 nitrogen and oxygen atoms in total. The van der Waals surface area contributed by atoms with Crippen LogP contribution < -0.4 is 10.2 Å². The largest absolute Gasteiger partial charge is 0.351 e. The van der Waals surface area contributed by atoms with Gasteiger partial charge < -0.3 is 10.2 Å². The Bertz CT molecular complexity index is 958. The SMILES string of the molecule is Cc1ccc(C(=O)NCCN2CCN(c3nc4c(C)cccc4s3)CC2)cc1. The number of para-hydroxylation sites is 1. The third kappa shape index (κ3) is 4.18. The number of amides is 1. The third-order valence-corrected chi connectivity index (χ3v) is 6.36. The van der Waals surface area contributed by atoms with Crippen molar-refractivity contribution in [1.82, 2.24) is 15.2 Å². The quantitative estimate of drug-likeness (QED) is 0.720. The summed E-state index contributed by atoms with van der Waals surface area (Å²) in [6.07, 6.45) is 0. The van der Waals surface area contributed by atoms with Crippen LogP contribution in [0.2, 0.25) is 0 Å². The monoisotopic (exact) mass is 394 g/mol. The standard InChI is InChI=1S/C22H26N4OS/c1-16-6-8-18(9-7-16)21(27)23-10-11-25-12-14-26(15-13-25)22-24-20-17(2)4-3-5-19(20)28-22/h3-9H,10-15H2,1-2H3,(H,23,27). The highest BCUT2D eigenvalue weighted by Gasteiger charge is 2.20. The number of hydrogen-bond donors (Lipinski definition) is 1. The van der Waals surface area contributed by atoms with Crippen LogP contribution in [-0.4, -0.2) is 55.1 Å². The molecule has 1 aliphatic rings. The highest BCUT2D eigenvalue weighted by atomic mass is 32.1. The molecule has 0 bridgehead atoms. The lowest BCUT2D eigenvalue weighted by Gasteiger charge is -2.34. The van der Waals surface area contributed by atoms with Gasteiger partial charge in [0, 0.05) is 44.8 Å². The van der Waals surface area contributed by atoms with E-state index in [4.69, 9.17) is 4.98 Å². The summed E-state index contributed by atoms with van der Waals surface area (Å²) in [4.78, 5) is 21.8. The molecule has 0 unspecified atom stereocenters. The molecule has 0 radical (unpaired) electrons. The van der Waals surface area contributed by atoms with Gasteiger partial charge in [-0.15, -0.1) is 0 Å². The fourth-order valence-electron chi connectivity index (χ4n) is 3.51. The molecule has 1 aromatic heterocycles. The molecule has 28 heavy (non-hydrogen) atoms. The minimum Gasteiger partial charge on any atom is -0.351 e. The van der Waals surface area contributed by atoms with E-state index in [1.807, 2.05) is 31.2 Å². The van der Waals surface area contributed by atoms with E-state index >= 15 is 0 Å². The van der Waals surface area contributed by atoms with Crippen molar-refractivity contribution < 1.29 is 4.79 Å². The Balaban J connectivity index is 1.25. The molecule has 4 rings (SSSR count). The van der Waals surface area contributed by atoms with E-state index in [9.17, 15) is 4.79 Å². The first kappa shape index (κ1) is 18.9. The van der Waals surface area contributed by atoms with Gasteiger partial charge in [-0.1, -0.05) is 41.2 Å². The maximum atomic E-state index is 12.2. The van der Waals surface area contributed by atoms with Gasteiger partial charge in [0.15, 0.2) is 5.13 Å². The molecule has 0 atom stereocenters. The van der Waals surface area contributed by atoms with Crippen LogP contribution in [0.5, 0.6) is 0 Å². The highest BCUT2D eigenvalue weighted by molar-refractivity contribution is 7.22. The molecule has 1 fully saturated rings. The Kier molecular flexibility index (Phi) is 5.59. The predicted octanol–water partition coefficient (Wildman–Crippen LogP) is 3.47. The van der Waals surface area contributed by atoms with Crippen LogP contribution in [0.4, 0.5) is 5.13 Å². The maximum Gasteiger partial charge on any atom is 0.251 e. The molecule has 1 amide bonds. The van der Waals surface area contributed by atoms with Crippen molar-refractivity contribution >= 4 is 32.6 Å². The Morgan fingerprint density at radius 2 is 1.82 bits per heavy atom. The number of rotatable bonds is 5.